The van der Waals surface area contributed by atoms with E-state index in [9.17, 15) is 22.8 Å². The summed E-state index contributed by atoms with van der Waals surface area (Å²) in [5.74, 6) is -1.56. The Balaban J connectivity index is 1.34. The lowest BCUT2D eigenvalue weighted by Gasteiger charge is -2.34. The second-order valence-electron chi connectivity index (χ2n) is 8.95. The second kappa shape index (κ2) is 10.4. The van der Waals surface area contributed by atoms with Crippen LogP contribution in [0.25, 0.3) is 11.3 Å². The van der Waals surface area contributed by atoms with Crippen LogP contribution in [0.4, 0.5) is 24.7 Å². The summed E-state index contributed by atoms with van der Waals surface area (Å²) in [5.41, 5.74) is 0.388. The highest BCUT2D eigenvalue weighted by Gasteiger charge is 2.54. The summed E-state index contributed by atoms with van der Waals surface area (Å²) in [6.07, 6.45) is -0.958. The number of benzene rings is 2. The summed E-state index contributed by atoms with van der Waals surface area (Å²) >= 11 is 0. The first-order valence-corrected chi connectivity index (χ1v) is 12.0. The van der Waals surface area contributed by atoms with E-state index < -0.39 is 29.5 Å². The minimum atomic E-state index is -4.99. The molecule has 3 aromatic rings. The first kappa shape index (κ1) is 25.6. The lowest BCUT2D eigenvalue weighted by atomic mass is 10.1. The number of amides is 2. The number of hydrogen-bond acceptors (Lipinski definition) is 7. The number of ether oxygens (including phenoxy) is 2. The van der Waals surface area contributed by atoms with E-state index in [4.69, 9.17) is 4.74 Å². The number of nitrogens with zero attached hydrogens (tertiary/aromatic N) is 3. The summed E-state index contributed by atoms with van der Waals surface area (Å²) in [7, 11) is 0. The molecular formula is C26H24F3N5O4. The number of nitrogens with one attached hydrogen (secondary N) is 2. The van der Waals surface area contributed by atoms with Crippen LogP contribution in [0.3, 0.4) is 0 Å². The van der Waals surface area contributed by atoms with Gasteiger partial charge in [-0.3, -0.25) is 19.5 Å². The molecular weight excluding hydrogens is 503 g/mol. The number of aromatic nitrogens is 2. The van der Waals surface area contributed by atoms with Crippen LogP contribution in [0, 0.1) is 0 Å². The number of carbonyl (C=O) groups is 2. The fraction of sp³-hybridized carbons (Fsp3) is 0.308. The van der Waals surface area contributed by atoms with Gasteiger partial charge in [0.05, 0.1) is 37.0 Å². The highest BCUT2D eigenvalue weighted by atomic mass is 19.4. The number of carbonyl (C=O) groups excluding carboxylic acids is 2. The van der Waals surface area contributed by atoms with Gasteiger partial charge in [0.2, 0.25) is 5.91 Å². The minimum absolute atomic E-state index is 0.0000187. The molecule has 1 saturated heterocycles. The molecule has 2 fully saturated rings. The Morgan fingerprint density at radius 3 is 2.34 bits per heavy atom. The van der Waals surface area contributed by atoms with Crippen molar-refractivity contribution in [2.24, 2.45) is 0 Å². The molecule has 198 valence electrons. The molecule has 1 aliphatic heterocycles. The van der Waals surface area contributed by atoms with Gasteiger partial charge < -0.3 is 20.1 Å². The summed E-state index contributed by atoms with van der Waals surface area (Å²) in [5, 5.41) is 5.13. The maximum Gasteiger partial charge on any atom is 0.573 e. The smallest absolute Gasteiger partial charge is 0.404 e. The molecule has 12 heteroatoms. The largest absolute Gasteiger partial charge is 0.573 e. The SMILES string of the molecule is O=C(Nc1cnc(-c2ccccc2)cn1)c1ccc(OC(F)(F)F)c(NC(=O)C2(N3CCOCC3)CC2)c1. The molecule has 2 N–H and O–H groups in total. The highest BCUT2D eigenvalue weighted by molar-refractivity contribution is 6.06. The van der Waals surface area contributed by atoms with Gasteiger partial charge in [0.25, 0.3) is 5.91 Å². The van der Waals surface area contributed by atoms with Crippen molar-refractivity contribution in [3.63, 3.8) is 0 Å². The zero-order valence-corrected chi connectivity index (χ0v) is 20.1. The van der Waals surface area contributed by atoms with Gasteiger partial charge in [0, 0.05) is 24.2 Å². The number of halogens is 3. The van der Waals surface area contributed by atoms with Crippen LogP contribution < -0.4 is 15.4 Å². The summed E-state index contributed by atoms with van der Waals surface area (Å²) in [6.45, 7) is 2.04. The summed E-state index contributed by atoms with van der Waals surface area (Å²) in [6, 6.07) is 12.7. The van der Waals surface area contributed by atoms with Crippen LogP contribution in [-0.2, 0) is 9.53 Å². The van der Waals surface area contributed by atoms with Crippen LogP contribution in [0.1, 0.15) is 23.2 Å². The molecule has 2 aliphatic rings. The van der Waals surface area contributed by atoms with Gasteiger partial charge >= 0.3 is 6.36 Å². The van der Waals surface area contributed by atoms with Gasteiger partial charge in [-0.05, 0) is 31.0 Å². The Kier molecular flexibility index (Phi) is 7.00. The van der Waals surface area contributed by atoms with E-state index in [0.717, 1.165) is 17.7 Å². The van der Waals surface area contributed by atoms with Crippen LogP contribution in [-0.4, -0.2) is 64.9 Å². The van der Waals surface area contributed by atoms with E-state index in [0.29, 0.717) is 44.8 Å². The van der Waals surface area contributed by atoms with Crippen molar-refractivity contribution in [2.75, 3.05) is 36.9 Å². The predicted octanol–water partition coefficient (Wildman–Crippen LogP) is 4.10. The number of hydrogen-bond donors (Lipinski definition) is 2. The van der Waals surface area contributed by atoms with Crippen molar-refractivity contribution < 1.29 is 32.2 Å². The van der Waals surface area contributed by atoms with Crippen LogP contribution in [0.15, 0.2) is 60.9 Å². The van der Waals surface area contributed by atoms with Crippen LogP contribution in [0.5, 0.6) is 5.75 Å². The second-order valence-corrected chi connectivity index (χ2v) is 8.95. The maximum atomic E-state index is 13.2. The fourth-order valence-electron chi connectivity index (χ4n) is 4.36. The third kappa shape index (κ3) is 5.76. The number of rotatable bonds is 7. The van der Waals surface area contributed by atoms with Gasteiger partial charge in [-0.1, -0.05) is 30.3 Å². The Morgan fingerprint density at radius 1 is 0.974 bits per heavy atom. The van der Waals surface area contributed by atoms with Crippen molar-refractivity contribution in [1.82, 2.24) is 14.9 Å². The van der Waals surface area contributed by atoms with E-state index in [2.05, 4.69) is 25.3 Å². The lowest BCUT2D eigenvalue weighted by molar-refractivity contribution is -0.274. The molecule has 1 aliphatic carbocycles. The van der Waals surface area contributed by atoms with Gasteiger partial charge in [-0.15, -0.1) is 13.2 Å². The highest BCUT2D eigenvalue weighted by Crippen LogP contribution is 2.44. The first-order valence-electron chi connectivity index (χ1n) is 12.0. The van der Waals surface area contributed by atoms with E-state index >= 15 is 0 Å². The fourth-order valence-corrected chi connectivity index (χ4v) is 4.36. The van der Waals surface area contributed by atoms with Crippen LogP contribution >= 0.6 is 0 Å². The molecule has 5 rings (SSSR count). The average molecular weight is 528 g/mol. The third-order valence-electron chi connectivity index (χ3n) is 6.44. The normalized spacial score (nSPS) is 16.9. The number of alkyl halides is 3. The molecule has 0 bridgehead atoms. The van der Waals surface area contributed by atoms with Gasteiger partial charge in [-0.2, -0.15) is 0 Å². The molecule has 38 heavy (non-hydrogen) atoms. The molecule has 2 heterocycles. The molecule has 0 atom stereocenters. The lowest BCUT2D eigenvalue weighted by Crippen LogP contribution is -2.51. The standard InChI is InChI=1S/C26H24F3N5O4/c27-26(28,29)38-21-7-6-18(14-19(21)32-24(36)25(8-9-25)34-10-12-37-13-11-34)23(35)33-22-16-30-20(15-31-22)17-4-2-1-3-5-17/h1-7,14-16H,8-13H2,(H,32,36)(H,31,33,35). The maximum absolute atomic E-state index is 13.2. The molecule has 0 radical (unpaired) electrons. The zero-order valence-electron chi connectivity index (χ0n) is 20.1. The Bertz CT molecular complexity index is 1310. The molecule has 0 unspecified atom stereocenters. The average Bonchev–Trinajstić information content (AvgIpc) is 3.73. The van der Waals surface area contributed by atoms with Crippen molar-refractivity contribution in [3.05, 3.63) is 66.5 Å². The first-order chi connectivity index (χ1) is 18.2. The Labute approximate surface area is 216 Å². The summed E-state index contributed by atoms with van der Waals surface area (Å²) < 4.78 is 48.6. The molecule has 1 aromatic heterocycles. The van der Waals surface area contributed by atoms with Crippen molar-refractivity contribution in [1.29, 1.82) is 0 Å². The van der Waals surface area contributed by atoms with Crippen LogP contribution in [0.2, 0.25) is 0 Å². The molecule has 9 nitrogen and oxygen atoms in total. The molecule has 0 spiro atoms. The topological polar surface area (TPSA) is 106 Å². The van der Waals surface area contributed by atoms with E-state index in [1.165, 1.54) is 18.5 Å². The van der Waals surface area contributed by atoms with Gasteiger partial charge in [-0.25, -0.2) is 4.98 Å². The zero-order chi connectivity index (χ0) is 26.8. The minimum Gasteiger partial charge on any atom is -0.404 e. The predicted molar refractivity (Wildman–Crippen MR) is 132 cm³/mol. The van der Waals surface area contributed by atoms with E-state index in [-0.39, 0.29) is 17.1 Å². The Hall–Kier alpha value is -4.03. The number of anilines is 2. The molecule has 1 saturated carbocycles. The summed E-state index contributed by atoms with van der Waals surface area (Å²) in [4.78, 5) is 36.5. The Morgan fingerprint density at radius 2 is 1.71 bits per heavy atom. The molecule has 2 amide bonds. The van der Waals surface area contributed by atoms with Crippen molar-refractivity contribution in [2.45, 2.75) is 24.7 Å². The van der Waals surface area contributed by atoms with E-state index in [1.807, 2.05) is 35.2 Å². The van der Waals surface area contributed by atoms with Crippen molar-refractivity contribution >= 4 is 23.3 Å². The van der Waals surface area contributed by atoms with E-state index in [1.54, 1.807) is 0 Å². The van der Waals surface area contributed by atoms with Crippen molar-refractivity contribution in [3.8, 4) is 17.0 Å². The quantitative estimate of drug-likeness (QED) is 0.477. The van der Waals surface area contributed by atoms with Gasteiger partial charge in [0.15, 0.2) is 11.6 Å². The monoisotopic (exact) mass is 527 g/mol. The third-order valence-corrected chi connectivity index (χ3v) is 6.44. The number of morpholine rings is 1. The molecule has 2 aromatic carbocycles. The van der Waals surface area contributed by atoms with Gasteiger partial charge in [0.1, 0.15) is 5.54 Å².